The van der Waals surface area contributed by atoms with Crippen molar-refractivity contribution in [3.05, 3.63) is 0 Å². The minimum absolute atomic E-state index is 0.211. The maximum absolute atomic E-state index is 12.5. The molecule has 0 heterocycles. The summed E-state index contributed by atoms with van der Waals surface area (Å²) in [4.78, 5) is 12.5. The second-order valence-electron chi connectivity index (χ2n) is 7.26. The summed E-state index contributed by atoms with van der Waals surface area (Å²) in [7, 11) is 0. The van der Waals surface area contributed by atoms with Crippen molar-refractivity contribution in [2.45, 2.75) is 65.3 Å². The van der Waals surface area contributed by atoms with Crippen LogP contribution in [0.15, 0.2) is 0 Å². The standard InChI is InChI=1S/C15H28N2O/c1-11-8-15(9-11,10-16)13(18)17-12-6-4-5-7-14(12,2)3/h11-12H,4-10,16H2,1-3H3,(H,17,18). The maximum atomic E-state index is 12.5. The van der Waals surface area contributed by atoms with E-state index in [-0.39, 0.29) is 16.7 Å². The van der Waals surface area contributed by atoms with Crippen molar-refractivity contribution in [3.63, 3.8) is 0 Å². The van der Waals surface area contributed by atoms with Gasteiger partial charge in [-0.25, -0.2) is 0 Å². The third-order valence-electron chi connectivity index (χ3n) is 5.16. The van der Waals surface area contributed by atoms with Crippen LogP contribution in [0, 0.1) is 16.7 Å². The van der Waals surface area contributed by atoms with Gasteiger partial charge in [-0.3, -0.25) is 4.79 Å². The molecule has 0 aromatic rings. The second-order valence-corrected chi connectivity index (χ2v) is 7.26. The molecule has 2 fully saturated rings. The molecule has 2 rings (SSSR count). The summed E-state index contributed by atoms with van der Waals surface area (Å²) in [5.41, 5.74) is 5.82. The smallest absolute Gasteiger partial charge is 0.227 e. The van der Waals surface area contributed by atoms with Gasteiger partial charge in [0.2, 0.25) is 5.91 Å². The molecular weight excluding hydrogens is 224 g/mol. The number of rotatable bonds is 3. The number of amides is 1. The van der Waals surface area contributed by atoms with Crippen LogP contribution in [-0.4, -0.2) is 18.5 Å². The molecule has 104 valence electrons. The van der Waals surface area contributed by atoms with Crippen molar-refractivity contribution in [1.29, 1.82) is 0 Å². The molecule has 2 saturated carbocycles. The van der Waals surface area contributed by atoms with Crippen molar-refractivity contribution in [2.24, 2.45) is 22.5 Å². The van der Waals surface area contributed by atoms with Gasteiger partial charge in [0, 0.05) is 12.6 Å². The van der Waals surface area contributed by atoms with Crippen molar-refractivity contribution in [3.8, 4) is 0 Å². The van der Waals surface area contributed by atoms with E-state index in [2.05, 4.69) is 26.1 Å². The van der Waals surface area contributed by atoms with Crippen LogP contribution >= 0.6 is 0 Å². The van der Waals surface area contributed by atoms with Gasteiger partial charge in [0.25, 0.3) is 0 Å². The number of carbonyl (C=O) groups is 1. The van der Waals surface area contributed by atoms with Gasteiger partial charge in [-0.15, -0.1) is 0 Å². The lowest BCUT2D eigenvalue weighted by atomic mass is 9.61. The summed E-state index contributed by atoms with van der Waals surface area (Å²) < 4.78 is 0. The van der Waals surface area contributed by atoms with Crippen molar-refractivity contribution < 1.29 is 4.79 Å². The quantitative estimate of drug-likeness (QED) is 0.810. The number of carbonyl (C=O) groups excluding carboxylic acids is 1. The summed E-state index contributed by atoms with van der Waals surface area (Å²) in [6, 6.07) is 0.332. The third kappa shape index (κ3) is 2.42. The topological polar surface area (TPSA) is 55.1 Å². The van der Waals surface area contributed by atoms with Crippen LogP contribution in [0.4, 0.5) is 0 Å². The van der Waals surface area contributed by atoms with Crippen molar-refractivity contribution in [1.82, 2.24) is 5.32 Å². The zero-order valence-electron chi connectivity index (χ0n) is 12.1. The van der Waals surface area contributed by atoms with E-state index >= 15 is 0 Å². The van der Waals surface area contributed by atoms with Gasteiger partial charge in [-0.1, -0.05) is 33.6 Å². The largest absolute Gasteiger partial charge is 0.352 e. The molecule has 3 heteroatoms. The molecule has 0 bridgehead atoms. The Bertz CT molecular complexity index is 318. The molecule has 2 aliphatic rings. The molecule has 3 nitrogen and oxygen atoms in total. The van der Waals surface area contributed by atoms with Gasteiger partial charge in [0.15, 0.2) is 0 Å². The van der Waals surface area contributed by atoms with Crippen LogP contribution < -0.4 is 11.1 Å². The molecule has 0 saturated heterocycles. The predicted octanol–water partition coefficient (Wildman–Crippen LogP) is 2.45. The highest BCUT2D eigenvalue weighted by molar-refractivity contribution is 5.84. The van der Waals surface area contributed by atoms with E-state index in [9.17, 15) is 4.79 Å². The molecule has 0 radical (unpaired) electrons. The Labute approximate surface area is 111 Å². The molecule has 1 amide bonds. The normalized spacial score (nSPS) is 38.9. The summed E-state index contributed by atoms with van der Waals surface area (Å²) in [6.07, 6.45) is 6.78. The van der Waals surface area contributed by atoms with Gasteiger partial charge in [-0.2, -0.15) is 0 Å². The highest BCUT2D eigenvalue weighted by Gasteiger charge is 2.48. The van der Waals surface area contributed by atoms with Gasteiger partial charge in [0.1, 0.15) is 0 Å². The molecule has 1 atom stereocenters. The monoisotopic (exact) mass is 252 g/mol. The highest BCUT2D eigenvalue weighted by atomic mass is 16.2. The first-order valence-electron chi connectivity index (χ1n) is 7.41. The molecule has 3 N–H and O–H groups in total. The Balaban J connectivity index is 1.98. The van der Waals surface area contributed by atoms with Crippen LogP contribution in [0.2, 0.25) is 0 Å². The van der Waals surface area contributed by atoms with Gasteiger partial charge >= 0.3 is 0 Å². The summed E-state index contributed by atoms with van der Waals surface area (Å²) in [5.74, 6) is 0.863. The summed E-state index contributed by atoms with van der Waals surface area (Å²) in [6.45, 7) is 7.24. The molecule has 0 spiro atoms. The summed E-state index contributed by atoms with van der Waals surface area (Å²) >= 11 is 0. The molecule has 18 heavy (non-hydrogen) atoms. The number of nitrogens with two attached hydrogens (primary N) is 1. The Morgan fingerprint density at radius 2 is 2.00 bits per heavy atom. The van der Waals surface area contributed by atoms with Gasteiger partial charge < -0.3 is 11.1 Å². The minimum Gasteiger partial charge on any atom is -0.352 e. The number of hydrogen-bond acceptors (Lipinski definition) is 2. The molecule has 1 unspecified atom stereocenters. The Morgan fingerprint density at radius 3 is 2.50 bits per heavy atom. The van der Waals surface area contributed by atoms with Gasteiger partial charge in [-0.05, 0) is 37.0 Å². The van der Waals surface area contributed by atoms with Crippen LogP contribution in [-0.2, 0) is 4.79 Å². The SMILES string of the molecule is CC1CC(CN)(C(=O)NC2CCCCC2(C)C)C1. The van der Waals surface area contributed by atoms with Crippen LogP contribution in [0.1, 0.15) is 59.3 Å². The number of nitrogens with one attached hydrogen (secondary N) is 1. The van der Waals surface area contributed by atoms with Crippen molar-refractivity contribution in [2.75, 3.05) is 6.54 Å². The molecule has 0 aromatic carbocycles. The van der Waals surface area contributed by atoms with Crippen LogP contribution in [0.25, 0.3) is 0 Å². The average Bonchev–Trinajstić information content (AvgIpc) is 2.27. The third-order valence-corrected chi connectivity index (χ3v) is 5.16. The van der Waals surface area contributed by atoms with E-state index in [1.807, 2.05) is 0 Å². The Morgan fingerprint density at radius 1 is 1.33 bits per heavy atom. The lowest BCUT2D eigenvalue weighted by molar-refractivity contribution is -0.140. The first kappa shape index (κ1) is 13.9. The zero-order valence-corrected chi connectivity index (χ0v) is 12.1. The van der Waals surface area contributed by atoms with E-state index in [1.165, 1.54) is 19.3 Å². The predicted molar refractivity (Wildman–Crippen MR) is 74.1 cm³/mol. The summed E-state index contributed by atoms with van der Waals surface area (Å²) in [5, 5.41) is 3.30. The first-order valence-corrected chi connectivity index (χ1v) is 7.41. The average molecular weight is 252 g/mol. The highest BCUT2D eigenvalue weighted by Crippen LogP contribution is 2.45. The number of hydrogen-bond donors (Lipinski definition) is 2. The van der Waals surface area contributed by atoms with E-state index < -0.39 is 0 Å². The van der Waals surface area contributed by atoms with Gasteiger partial charge in [0.05, 0.1) is 5.41 Å². The fourth-order valence-corrected chi connectivity index (χ4v) is 3.79. The van der Waals surface area contributed by atoms with E-state index in [1.54, 1.807) is 0 Å². The Kier molecular flexibility index (Phi) is 3.72. The Hall–Kier alpha value is -0.570. The van der Waals surface area contributed by atoms with E-state index in [0.29, 0.717) is 18.5 Å². The van der Waals surface area contributed by atoms with Crippen molar-refractivity contribution >= 4 is 5.91 Å². The van der Waals surface area contributed by atoms with E-state index in [0.717, 1.165) is 19.3 Å². The lowest BCUT2D eigenvalue weighted by Gasteiger charge is -2.47. The minimum atomic E-state index is -0.257. The molecule has 2 aliphatic carbocycles. The molecule has 0 aliphatic heterocycles. The fraction of sp³-hybridized carbons (Fsp3) is 0.933. The molecule has 0 aromatic heterocycles. The van der Waals surface area contributed by atoms with Crippen LogP contribution in [0.3, 0.4) is 0 Å². The maximum Gasteiger partial charge on any atom is 0.227 e. The first-order chi connectivity index (χ1) is 8.39. The lowest BCUT2D eigenvalue weighted by Crippen LogP contribution is -2.58. The molecular formula is C15H28N2O. The van der Waals surface area contributed by atoms with Crippen LogP contribution in [0.5, 0.6) is 0 Å². The zero-order chi connectivity index (χ0) is 13.4. The fourth-order valence-electron chi connectivity index (χ4n) is 3.79. The second kappa shape index (κ2) is 4.84. The van der Waals surface area contributed by atoms with E-state index in [4.69, 9.17) is 5.73 Å².